The topological polar surface area (TPSA) is 64.6 Å². The Bertz CT molecular complexity index is 577. The van der Waals surface area contributed by atoms with Crippen LogP contribution in [-0.2, 0) is 0 Å². The van der Waals surface area contributed by atoms with Gasteiger partial charge in [-0.1, -0.05) is 6.92 Å². The lowest BCUT2D eigenvalue weighted by Gasteiger charge is -2.28. The second-order valence-electron chi connectivity index (χ2n) is 5.97. The van der Waals surface area contributed by atoms with Crippen molar-refractivity contribution in [3.63, 3.8) is 0 Å². The van der Waals surface area contributed by atoms with Crippen LogP contribution in [-0.4, -0.2) is 47.8 Å². The van der Waals surface area contributed by atoms with E-state index < -0.39 is 35.6 Å². The highest BCUT2D eigenvalue weighted by Crippen LogP contribution is 2.33. The van der Waals surface area contributed by atoms with Gasteiger partial charge in [0.2, 0.25) is 0 Å². The Morgan fingerprint density at radius 2 is 2.00 bits per heavy atom. The Balaban J connectivity index is 2.21. The first-order valence-electron chi connectivity index (χ1n) is 7.93. The predicted molar refractivity (Wildman–Crippen MR) is 82.9 cm³/mol. The van der Waals surface area contributed by atoms with Crippen LogP contribution in [0.2, 0.25) is 0 Å². The Morgan fingerprint density at radius 1 is 1.38 bits per heavy atom. The molecule has 0 saturated carbocycles. The van der Waals surface area contributed by atoms with Gasteiger partial charge in [-0.25, -0.2) is 18.0 Å². The molecule has 0 aliphatic carbocycles. The van der Waals surface area contributed by atoms with E-state index in [0.29, 0.717) is 19.5 Å². The van der Waals surface area contributed by atoms with Crippen molar-refractivity contribution >= 4 is 6.03 Å². The van der Waals surface area contributed by atoms with E-state index in [2.05, 4.69) is 10.6 Å². The molecular weight excluding hydrogens is 323 g/mol. The molecule has 1 fully saturated rings. The number of likely N-dealkylation sites (tertiary alicyclic amines) is 1. The van der Waals surface area contributed by atoms with Crippen molar-refractivity contribution in [2.45, 2.75) is 38.4 Å². The third-order valence-electron chi connectivity index (χ3n) is 4.22. The lowest BCUT2D eigenvalue weighted by atomic mass is 9.99. The number of aliphatic hydroxyl groups excluding tert-OH is 1. The van der Waals surface area contributed by atoms with Crippen molar-refractivity contribution in [1.29, 1.82) is 0 Å². The third-order valence-corrected chi connectivity index (χ3v) is 4.22. The maximum atomic E-state index is 13.6. The van der Waals surface area contributed by atoms with E-state index in [9.17, 15) is 18.0 Å². The summed E-state index contributed by atoms with van der Waals surface area (Å²) in [5.41, 5.74) is 0.284. The average Bonchev–Trinajstić information content (AvgIpc) is 2.94. The molecule has 1 aromatic carbocycles. The molecule has 24 heavy (non-hydrogen) atoms. The van der Waals surface area contributed by atoms with Crippen LogP contribution in [0.3, 0.4) is 0 Å². The van der Waals surface area contributed by atoms with E-state index >= 15 is 0 Å². The van der Waals surface area contributed by atoms with E-state index in [4.69, 9.17) is 5.11 Å². The molecule has 2 rings (SSSR count). The van der Waals surface area contributed by atoms with Crippen LogP contribution in [0, 0.1) is 17.5 Å². The van der Waals surface area contributed by atoms with E-state index in [1.165, 1.54) is 0 Å². The number of carbonyl (C=O) groups is 1. The number of hydrogen-bond donors (Lipinski definition) is 3. The lowest BCUT2D eigenvalue weighted by Crippen LogP contribution is -2.48. The van der Waals surface area contributed by atoms with E-state index in [1.54, 1.807) is 6.92 Å². The summed E-state index contributed by atoms with van der Waals surface area (Å²) in [6.45, 7) is 4.62. The molecule has 1 aliphatic heterocycles. The first-order valence-corrected chi connectivity index (χ1v) is 7.93. The van der Waals surface area contributed by atoms with Gasteiger partial charge in [0.15, 0.2) is 17.5 Å². The number of halogens is 3. The highest BCUT2D eigenvalue weighted by Gasteiger charge is 2.36. The maximum Gasteiger partial charge on any atom is 0.315 e. The Hall–Kier alpha value is -1.80. The molecule has 0 aromatic heterocycles. The number of nitrogens with one attached hydrogen (secondary N) is 2. The fourth-order valence-electron chi connectivity index (χ4n) is 3.03. The Kier molecular flexibility index (Phi) is 6.06. The molecule has 1 saturated heterocycles. The predicted octanol–water partition coefficient (Wildman–Crippen LogP) is 1.92. The summed E-state index contributed by atoms with van der Waals surface area (Å²) in [5, 5.41) is 14.3. The van der Waals surface area contributed by atoms with Crippen LogP contribution in [0.15, 0.2) is 12.1 Å². The second-order valence-corrected chi connectivity index (χ2v) is 5.97. The highest BCUT2D eigenvalue weighted by atomic mass is 19.2. The molecule has 2 amide bonds. The third kappa shape index (κ3) is 3.99. The summed E-state index contributed by atoms with van der Waals surface area (Å²) in [5.74, 6) is -3.99. The van der Waals surface area contributed by atoms with E-state index in [0.717, 1.165) is 12.1 Å². The van der Waals surface area contributed by atoms with Crippen LogP contribution in [0.5, 0.6) is 0 Å². The van der Waals surface area contributed by atoms with Crippen molar-refractivity contribution in [2.24, 2.45) is 0 Å². The minimum Gasteiger partial charge on any atom is -0.394 e. The Morgan fingerprint density at radius 3 is 2.54 bits per heavy atom. The zero-order valence-electron chi connectivity index (χ0n) is 13.7. The number of carbonyl (C=O) groups excluding carboxylic acids is 1. The van der Waals surface area contributed by atoms with Crippen LogP contribution in [0.1, 0.15) is 31.9 Å². The van der Waals surface area contributed by atoms with Crippen LogP contribution >= 0.6 is 0 Å². The van der Waals surface area contributed by atoms with Gasteiger partial charge in [-0.05, 0) is 37.6 Å². The number of rotatable bonds is 5. The number of hydrogen-bond acceptors (Lipinski definition) is 3. The molecule has 0 spiro atoms. The van der Waals surface area contributed by atoms with Crippen molar-refractivity contribution in [2.75, 3.05) is 19.7 Å². The van der Waals surface area contributed by atoms with Gasteiger partial charge in [-0.15, -0.1) is 0 Å². The molecule has 134 valence electrons. The molecule has 1 aromatic rings. The number of urea groups is 1. The van der Waals surface area contributed by atoms with Crippen molar-refractivity contribution < 1.29 is 23.1 Å². The number of benzene rings is 1. The summed E-state index contributed by atoms with van der Waals surface area (Å²) in [4.78, 5) is 13.9. The van der Waals surface area contributed by atoms with Gasteiger partial charge in [0.1, 0.15) is 0 Å². The average molecular weight is 345 g/mol. The first kappa shape index (κ1) is 18.5. The lowest BCUT2D eigenvalue weighted by molar-refractivity contribution is 0.209. The standard InChI is InChI=1S/C16H22F3N3O2/c1-3-22-5-4-13(21-16(24)20-9(2)8-23)15(22)10-6-11(17)14(19)12(18)7-10/h6-7,9,13,15,23H,3-5,8H2,1-2H3,(H2,20,21,24)/t9-,13-,15-/m0/s1. The SMILES string of the molecule is CCN1CC[C@H](NC(=O)N[C@@H](C)CO)[C@@H]1c1cc(F)c(F)c(F)c1. The van der Waals surface area contributed by atoms with Crippen LogP contribution in [0.25, 0.3) is 0 Å². The summed E-state index contributed by atoms with van der Waals surface area (Å²) < 4.78 is 40.3. The summed E-state index contributed by atoms with van der Waals surface area (Å²) >= 11 is 0. The van der Waals surface area contributed by atoms with Gasteiger partial charge in [0.25, 0.3) is 0 Å². The van der Waals surface area contributed by atoms with Gasteiger partial charge in [0.05, 0.1) is 24.7 Å². The van der Waals surface area contributed by atoms with Gasteiger partial charge in [-0.2, -0.15) is 0 Å². The molecule has 8 heteroatoms. The molecule has 5 nitrogen and oxygen atoms in total. The van der Waals surface area contributed by atoms with E-state index in [1.807, 2.05) is 11.8 Å². The molecule has 0 bridgehead atoms. The minimum absolute atomic E-state index is 0.197. The minimum atomic E-state index is -1.50. The summed E-state index contributed by atoms with van der Waals surface area (Å²) in [7, 11) is 0. The van der Waals surface area contributed by atoms with Crippen molar-refractivity contribution in [1.82, 2.24) is 15.5 Å². The van der Waals surface area contributed by atoms with Crippen LogP contribution < -0.4 is 10.6 Å². The zero-order chi connectivity index (χ0) is 17.9. The number of aliphatic hydroxyl groups is 1. The van der Waals surface area contributed by atoms with Gasteiger partial charge in [-0.3, -0.25) is 4.90 Å². The summed E-state index contributed by atoms with van der Waals surface area (Å²) in [6.07, 6.45) is 0.597. The molecule has 0 unspecified atom stereocenters. The number of nitrogens with zero attached hydrogens (tertiary/aromatic N) is 1. The largest absolute Gasteiger partial charge is 0.394 e. The van der Waals surface area contributed by atoms with Crippen molar-refractivity contribution in [3.05, 3.63) is 35.1 Å². The van der Waals surface area contributed by atoms with E-state index in [-0.39, 0.29) is 18.2 Å². The highest BCUT2D eigenvalue weighted by molar-refractivity contribution is 5.74. The van der Waals surface area contributed by atoms with Gasteiger partial charge in [0, 0.05) is 6.54 Å². The van der Waals surface area contributed by atoms with Crippen molar-refractivity contribution in [3.8, 4) is 0 Å². The first-order chi connectivity index (χ1) is 11.4. The molecule has 1 heterocycles. The maximum absolute atomic E-state index is 13.6. The molecule has 3 atom stereocenters. The number of likely N-dealkylation sites (N-methyl/N-ethyl adjacent to an activating group) is 1. The molecule has 3 N–H and O–H groups in total. The smallest absolute Gasteiger partial charge is 0.315 e. The molecule has 1 aliphatic rings. The monoisotopic (exact) mass is 345 g/mol. The fraction of sp³-hybridized carbons (Fsp3) is 0.562. The Labute approximate surface area is 138 Å². The quantitative estimate of drug-likeness (QED) is 0.715. The van der Waals surface area contributed by atoms with Crippen LogP contribution in [0.4, 0.5) is 18.0 Å². The fourth-order valence-corrected chi connectivity index (χ4v) is 3.03. The van der Waals surface area contributed by atoms with Gasteiger partial charge >= 0.3 is 6.03 Å². The molecular formula is C16H22F3N3O2. The number of amides is 2. The molecule has 0 radical (unpaired) electrons. The second kappa shape index (κ2) is 7.85. The normalized spacial score (nSPS) is 22.4. The van der Waals surface area contributed by atoms with Gasteiger partial charge < -0.3 is 15.7 Å². The summed E-state index contributed by atoms with van der Waals surface area (Å²) in [6, 6.07) is 0.246. The zero-order valence-corrected chi connectivity index (χ0v) is 13.7.